The van der Waals surface area contributed by atoms with E-state index >= 15 is 0 Å². The molecule has 0 saturated carbocycles. The number of nitrogens with one attached hydrogen (secondary N) is 1. The Hall–Kier alpha value is -1.99. The monoisotopic (exact) mass is 421 g/mol. The quantitative estimate of drug-likeness (QED) is 0.318. The normalized spacial score (nSPS) is 15.3. The molecule has 1 heterocycles. The molecule has 0 radical (unpaired) electrons. The minimum atomic E-state index is 0.353. The average molecular weight is 422 g/mol. The number of aliphatic imine (C=N–C) groups is 1. The predicted octanol–water partition coefficient (Wildman–Crippen LogP) is 3.12. The zero-order valence-electron chi connectivity index (χ0n) is 19.1. The van der Waals surface area contributed by atoms with Crippen LogP contribution in [-0.2, 0) is 15.9 Å². The smallest absolute Gasteiger partial charge is 0.193 e. The molecule has 0 amide bonds. The summed E-state index contributed by atoms with van der Waals surface area (Å²) in [7, 11) is 5.25. The molecule has 0 spiro atoms. The molecule has 0 bridgehead atoms. The number of piperidine rings is 1. The van der Waals surface area contributed by atoms with Gasteiger partial charge in [0.15, 0.2) is 17.5 Å². The summed E-state index contributed by atoms with van der Waals surface area (Å²) in [6, 6.07) is 6.16. The third-order valence-corrected chi connectivity index (χ3v) is 5.25. The number of benzene rings is 1. The number of hydrogen-bond acceptors (Lipinski definition) is 5. The molecule has 170 valence electrons. The van der Waals surface area contributed by atoms with E-state index < -0.39 is 0 Å². The molecule has 1 fully saturated rings. The first-order valence-corrected chi connectivity index (χ1v) is 11.1. The number of methoxy groups -OCH3 is 2. The van der Waals surface area contributed by atoms with Crippen LogP contribution in [0.15, 0.2) is 23.2 Å². The second-order valence-corrected chi connectivity index (χ2v) is 7.40. The van der Waals surface area contributed by atoms with Gasteiger partial charge in [-0.1, -0.05) is 6.07 Å². The molecule has 1 aliphatic heterocycles. The third kappa shape index (κ3) is 8.03. The second kappa shape index (κ2) is 14.1. The zero-order valence-corrected chi connectivity index (χ0v) is 19.1. The van der Waals surface area contributed by atoms with Crippen molar-refractivity contribution < 1.29 is 18.9 Å². The zero-order chi connectivity index (χ0) is 21.6. The van der Waals surface area contributed by atoms with E-state index in [1.165, 1.54) is 5.56 Å². The van der Waals surface area contributed by atoms with Gasteiger partial charge in [-0.2, -0.15) is 0 Å². The van der Waals surface area contributed by atoms with Gasteiger partial charge in [0.1, 0.15) is 0 Å². The highest BCUT2D eigenvalue weighted by Crippen LogP contribution is 2.28. The van der Waals surface area contributed by atoms with Crippen LogP contribution in [0.5, 0.6) is 11.5 Å². The molecule has 0 aliphatic carbocycles. The lowest BCUT2D eigenvalue weighted by atomic mass is 10.1. The molecule has 1 saturated heterocycles. The van der Waals surface area contributed by atoms with Crippen LogP contribution in [0.25, 0.3) is 0 Å². The molecule has 1 aromatic carbocycles. The Balaban J connectivity index is 1.69. The lowest BCUT2D eigenvalue weighted by Gasteiger charge is -2.34. The molecule has 2 rings (SSSR count). The number of likely N-dealkylation sites (tertiary alicyclic amines) is 1. The van der Waals surface area contributed by atoms with E-state index in [0.717, 1.165) is 82.4 Å². The van der Waals surface area contributed by atoms with Gasteiger partial charge in [-0.05, 0) is 56.7 Å². The average Bonchev–Trinajstić information content (AvgIpc) is 2.78. The van der Waals surface area contributed by atoms with Crippen LogP contribution in [0, 0.1) is 0 Å². The van der Waals surface area contributed by atoms with Crippen molar-refractivity contribution in [1.82, 2.24) is 10.2 Å². The number of ether oxygens (including phenoxy) is 4. The maximum Gasteiger partial charge on any atom is 0.193 e. The summed E-state index contributed by atoms with van der Waals surface area (Å²) < 4.78 is 22.1. The van der Waals surface area contributed by atoms with Gasteiger partial charge in [-0.25, -0.2) is 0 Å². The Morgan fingerprint density at radius 3 is 2.60 bits per heavy atom. The number of nitrogens with zero attached hydrogens (tertiary/aromatic N) is 2. The topological polar surface area (TPSA) is 64.6 Å². The molecule has 0 atom stereocenters. The van der Waals surface area contributed by atoms with E-state index in [2.05, 4.69) is 27.3 Å². The molecule has 1 aromatic rings. The van der Waals surface area contributed by atoms with Crippen molar-refractivity contribution >= 4 is 5.96 Å². The predicted molar refractivity (Wildman–Crippen MR) is 121 cm³/mol. The molecule has 1 aliphatic rings. The molecule has 7 nitrogen and oxygen atoms in total. The fourth-order valence-corrected chi connectivity index (χ4v) is 3.66. The number of hydrogen-bond donors (Lipinski definition) is 1. The van der Waals surface area contributed by atoms with E-state index in [1.54, 1.807) is 14.2 Å². The minimum Gasteiger partial charge on any atom is -0.493 e. The highest BCUT2D eigenvalue weighted by molar-refractivity contribution is 5.79. The fourth-order valence-electron chi connectivity index (χ4n) is 3.66. The van der Waals surface area contributed by atoms with Crippen LogP contribution in [0.3, 0.4) is 0 Å². The van der Waals surface area contributed by atoms with Gasteiger partial charge in [0.05, 0.1) is 19.8 Å². The van der Waals surface area contributed by atoms with Crippen molar-refractivity contribution in [2.45, 2.75) is 45.1 Å². The first kappa shape index (κ1) is 24.3. The van der Waals surface area contributed by atoms with Gasteiger partial charge in [0.25, 0.3) is 0 Å². The summed E-state index contributed by atoms with van der Waals surface area (Å²) in [5, 5.41) is 3.51. The number of aryl methyl sites for hydroxylation is 1. The maximum absolute atomic E-state index is 5.95. The van der Waals surface area contributed by atoms with E-state index in [4.69, 9.17) is 18.9 Å². The van der Waals surface area contributed by atoms with Gasteiger partial charge in [0, 0.05) is 47.0 Å². The van der Waals surface area contributed by atoms with Gasteiger partial charge >= 0.3 is 0 Å². The van der Waals surface area contributed by atoms with E-state index in [9.17, 15) is 0 Å². The van der Waals surface area contributed by atoms with E-state index in [-0.39, 0.29) is 0 Å². The van der Waals surface area contributed by atoms with Crippen molar-refractivity contribution in [2.24, 2.45) is 4.99 Å². The summed E-state index contributed by atoms with van der Waals surface area (Å²) in [6.45, 7) is 7.00. The summed E-state index contributed by atoms with van der Waals surface area (Å²) >= 11 is 0. The second-order valence-electron chi connectivity index (χ2n) is 7.40. The lowest BCUT2D eigenvalue weighted by Crippen LogP contribution is -2.47. The first-order chi connectivity index (χ1) is 14.7. The Morgan fingerprint density at radius 2 is 1.93 bits per heavy atom. The molecule has 0 aromatic heterocycles. The molecular weight excluding hydrogens is 382 g/mol. The van der Waals surface area contributed by atoms with Gasteiger partial charge in [-0.3, -0.25) is 4.99 Å². The molecule has 0 unspecified atom stereocenters. The maximum atomic E-state index is 5.95. The highest BCUT2D eigenvalue weighted by Gasteiger charge is 2.21. The van der Waals surface area contributed by atoms with Gasteiger partial charge in [0.2, 0.25) is 0 Å². The Morgan fingerprint density at radius 1 is 1.13 bits per heavy atom. The highest BCUT2D eigenvalue weighted by atomic mass is 16.5. The Labute approximate surface area is 181 Å². The fraction of sp³-hybridized carbons (Fsp3) is 0.696. The first-order valence-electron chi connectivity index (χ1n) is 11.1. The van der Waals surface area contributed by atoms with Crippen molar-refractivity contribution in [3.05, 3.63) is 23.8 Å². The van der Waals surface area contributed by atoms with Crippen molar-refractivity contribution in [3.63, 3.8) is 0 Å². The standard InChI is InChI=1S/C23H39N3O4/c1-5-29-22-18-19(9-10-21(22)28-4)8-6-13-25-23(24-2)26-14-11-20(12-15-26)30-17-7-16-27-3/h9-10,18,20H,5-8,11-17H2,1-4H3,(H,24,25). The van der Waals surface area contributed by atoms with Crippen LogP contribution in [0.2, 0.25) is 0 Å². The van der Waals surface area contributed by atoms with Crippen molar-refractivity contribution in [2.75, 3.05) is 60.7 Å². The molecule has 7 heteroatoms. The summed E-state index contributed by atoms with van der Waals surface area (Å²) in [4.78, 5) is 6.80. The largest absolute Gasteiger partial charge is 0.493 e. The van der Waals surface area contributed by atoms with Crippen LogP contribution in [0.1, 0.15) is 38.2 Å². The number of rotatable bonds is 12. The summed E-state index contributed by atoms with van der Waals surface area (Å²) in [5.41, 5.74) is 1.25. The molecule has 30 heavy (non-hydrogen) atoms. The summed E-state index contributed by atoms with van der Waals surface area (Å²) in [6.07, 6.45) is 5.40. The molecule has 1 N–H and O–H groups in total. The van der Waals surface area contributed by atoms with Gasteiger partial charge < -0.3 is 29.2 Å². The van der Waals surface area contributed by atoms with Crippen molar-refractivity contribution in [3.8, 4) is 11.5 Å². The van der Waals surface area contributed by atoms with Crippen LogP contribution < -0.4 is 14.8 Å². The molecular formula is C23H39N3O4. The minimum absolute atomic E-state index is 0.353. The Kier molecular flexibility index (Phi) is 11.4. The van der Waals surface area contributed by atoms with Gasteiger partial charge in [-0.15, -0.1) is 0 Å². The van der Waals surface area contributed by atoms with Crippen molar-refractivity contribution in [1.29, 1.82) is 0 Å². The SMILES string of the molecule is CCOc1cc(CCCNC(=NC)N2CCC(OCCCOC)CC2)ccc1OC. The van der Waals surface area contributed by atoms with Crippen LogP contribution in [0.4, 0.5) is 0 Å². The number of guanidine groups is 1. The summed E-state index contributed by atoms with van der Waals surface area (Å²) in [5.74, 6) is 2.58. The van der Waals surface area contributed by atoms with E-state index in [0.29, 0.717) is 12.7 Å². The van der Waals surface area contributed by atoms with Crippen LogP contribution >= 0.6 is 0 Å². The lowest BCUT2D eigenvalue weighted by molar-refractivity contribution is 0.00991. The van der Waals surface area contributed by atoms with E-state index in [1.807, 2.05) is 20.0 Å². The van der Waals surface area contributed by atoms with Crippen LogP contribution in [-0.4, -0.2) is 77.7 Å². The Bertz CT molecular complexity index is 631. The third-order valence-electron chi connectivity index (χ3n) is 5.25.